The topological polar surface area (TPSA) is 16.4 Å². The van der Waals surface area contributed by atoms with Gasteiger partial charge in [0.05, 0.1) is 5.69 Å². The minimum Gasteiger partial charge on any atom is -0.454 e. The highest BCUT2D eigenvalue weighted by Crippen LogP contribution is 2.46. The van der Waals surface area contributed by atoms with E-state index in [1.807, 2.05) is 0 Å². The van der Waals surface area contributed by atoms with Crippen LogP contribution in [0.3, 0.4) is 0 Å². The van der Waals surface area contributed by atoms with Crippen molar-refractivity contribution in [3.8, 4) is 44.5 Å². The van der Waals surface area contributed by atoms with Gasteiger partial charge in [0, 0.05) is 22.1 Å². The van der Waals surface area contributed by atoms with Gasteiger partial charge in [0.1, 0.15) is 5.58 Å². The fourth-order valence-corrected chi connectivity index (χ4v) is 7.66. The first-order valence-corrected chi connectivity index (χ1v) is 18.4. The Morgan fingerprint density at radius 2 is 0.685 bits per heavy atom. The summed E-state index contributed by atoms with van der Waals surface area (Å²) in [5.74, 6) is 0. The zero-order valence-corrected chi connectivity index (χ0v) is 29.6. The van der Waals surface area contributed by atoms with Crippen LogP contribution in [0, 0.1) is 0 Å². The van der Waals surface area contributed by atoms with Crippen LogP contribution in [0.25, 0.3) is 77.2 Å². The Labute approximate surface area is 314 Å². The lowest BCUT2D eigenvalue weighted by Gasteiger charge is -2.26. The lowest BCUT2D eigenvalue weighted by molar-refractivity contribution is 0.669. The van der Waals surface area contributed by atoms with Crippen LogP contribution in [0.4, 0.5) is 17.1 Å². The second-order valence-electron chi connectivity index (χ2n) is 13.8. The molecule has 0 aliphatic carbocycles. The number of furan rings is 1. The molecular formula is C52H35NO. The Morgan fingerprint density at radius 1 is 0.296 bits per heavy atom. The van der Waals surface area contributed by atoms with Crippen molar-refractivity contribution >= 4 is 49.8 Å². The molecule has 1 aromatic heterocycles. The van der Waals surface area contributed by atoms with Crippen LogP contribution in [0.5, 0.6) is 0 Å². The molecule has 0 spiro atoms. The summed E-state index contributed by atoms with van der Waals surface area (Å²) in [4.78, 5) is 2.34. The van der Waals surface area contributed by atoms with Crippen molar-refractivity contribution in [1.29, 1.82) is 0 Å². The van der Waals surface area contributed by atoms with E-state index in [0.717, 1.165) is 61.1 Å². The van der Waals surface area contributed by atoms with E-state index in [0.29, 0.717) is 0 Å². The molecule has 0 N–H and O–H groups in total. The zero-order valence-electron chi connectivity index (χ0n) is 29.6. The van der Waals surface area contributed by atoms with Gasteiger partial charge in [0.2, 0.25) is 0 Å². The van der Waals surface area contributed by atoms with E-state index in [1.165, 1.54) is 33.2 Å². The molecule has 2 nitrogen and oxygen atoms in total. The first-order valence-electron chi connectivity index (χ1n) is 18.4. The largest absolute Gasteiger partial charge is 0.454 e. The Morgan fingerprint density at radius 3 is 1.17 bits per heavy atom. The number of benzene rings is 9. The van der Waals surface area contributed by atoms with Gasteiger partial charge in [-0.1, -0.05) is 164 Å². The van der Waals surface area contributed by atoms with Gasteiger partial charge in [-0.25, -0.2) is 0 Å². The van der Waals surface area contributed by atoms with Crippen LogP contribution in [0.2, 0.25) is 0 Å². The molecule has 0 saturated heterocycles. The fourth-order valence-electron chi connectivity index (χ4n) is 7.66. The van der Waals surface area contributed by atoms with Gasteiger partial charge in [-0.15, -0.1) is 0 Å². The molecule has 0 atom stereocenters. The monoisotopic (exact) mass is 689 g/mol. The molecule has 9 aromatic carbocycles. The van der Waals surface area contributed by atoms with Gasteiger partial charge in [-0.2, -0.15) is 0 Å². The van der Waals surface area contributed by atoms with Crippen molar-refractivity contribution < 1.29 is 4.42 Å². The number of rotatable bonds is 7. The molecule has 1 heterocycles. The summed E-state index contributed by atoms with van der Waals surface area (Å²) >= 11 is 0. The van der Waals surface area contributed by atoms with Gasteiger partial charge >= 0.3 is 0 Å². The third kappa shape index (κ3) is 5.81. The maximum Gasteiger partial charge on any atom is 0.159 e. The van der Waals surface area contributed by atoms with Gasteiger partial charge in [-0.05, 0) is 104 Å². The molecule has 0 fully saturated rings. The van der Waals surface area contributed by atoms with Gasteiger partial charge in [-0.3, -0.25) is 0 Å². The average Bonchev–Trinajstić information content (AvgIpc) is 3.62. The van der Waals surface area contributed by atoms with E-state index in [1.54, 1.807) is 0 Å². The third-order valence-corrected chi connectivity index (χ3v) is 10.5. The highest BCUT2D eigenvalue weighted by molar-refractivity contribution is 6.15. The summed E-state index contributed by atoms with van der Waals surface area (Å²) in [6.07, 6.45) is 0. The number of hydrogen-bond donors (Lipinski definition) is 0. The van der Waals surface area contributed by atoms with Crippen LogP contribution in [0.15, 0.2) is 217 Å². The van der Waals surface area contributed by atoms with Gasteiger partial charge in [0.25, 0.3) is 0 Å². The van der Waals surface area contributed by atoms with E-state index in [4.69, 9.17) is 4.42 Å². The smallest absolute Gasteiger partial charge is 0.159 e. The second kappa shape index (κ2) is 13.4. The quantitative estimate of drug-likeness (QED) is 0.166. The van der Waals surface area contributed by atoms with E-state index < -0.39 is 0 Å². The van der Waals surface area contributed by atoms with Crippen molar-refractivity contribution in [3.63, 3.8) is 0 Å². The predicted molar refractivity (Wildman–Crippen MR) is 228 cm³/mol. The summed E-state index contributed by atoms with van der Waals surface area (Å²) in [6, 6.07) is 75.8. The Kier molecular flexibility index (Phi) is 7.85. The molecule has 254 valence electrons. The molecule has 0 bridgehead atoms. The third-order valence-electron chi connectivity index (χ3n) is 10.5. The first kappa shape index (κ1) is 31.6. The number of nitrogens with zero attached hydrogens (tertiary/aromatic N) is 1. The highest BCUT2D eigenvalue weighted by atomic mass is 16.3. The first-order chi connectivity index (χ1) is 26.7. The maximum absolute atomic E-state index is 6.90. The highest BCUT2D eigenvalue weighted by Gasteiger charge is 2.22. The van der Waals surface area contributed by atoms with E-state index in [-0.39, 0.29) is 0 Å². The summed E-state index contributed by atoms with van der Waals surface area (Å²) in [5, 5.41) is 4.55. The minimum absolute atomic E-state index is 0.854. The van der Waals surface area contributed by atoms with Crippen molar-refractivity contribution in [1.82, 2.24) is 0 Å². The lowest BCUT2D eigenvalue weighted by Crippen LogP contribution is -2.10. The van der Waals surface area contributed by atoms with E-state index in [9.17, 15) is 0 Å². The maximum atomic E-state index is 6.90. The Bertz CT molecular complexity index is 2880. The molecule has 54 heavy (non-hydrogen) atoms. The van der Waals surface area contributed by atoms with Gasteiger partial charge < -0.3 is 9.32 Å². The number of anilines is 3. The molecule has 0 saturated carbocycles. The lowest BCUT2D eigenvalue weighted by atomic mass is 9.98. The molecule has 0 unspecified atom stereocenters. The summed E-state index contributed by atoms with van der Waals surface area (Å²) in [5.41, 5.74) is 14.2. The normalized spacial score (nSPS) is 11.3. The van der Waals surface area contributed by atoms with Crippen LogP contribution in [-0.4, -0.2) is 0 Å². The average molecular weight is 690 g/mol. The number of hydrogen-bond acceptors (Lipinski definition) is 2. The summed E-state index contributed by atoms with van der Waals surface area (Å²) < 4.78 is 6.90. The molecule has 0 amide bonds. The molecular weight excluding hydrogens is 655 g/mol. The van der Waals surface area contributed by atoms with Crippen molar-refractivity contribution in [2.24, 2.45) is 0 Å². The molecule has 10 aromatic rings. The predicted octanol–water partition coefficient (Wildman–Crippen LogP) is 14.9. The van der Waals surface area contributed by atoms with Crippen LogP contribution in [-0.2, 0) is 0 Å². The number of fused-ring (bicyclic) bond motifs is 4. The minimum atomic E-state index is 0.854. The van der Waals surface area contributed by atoms with Crippen molar-refractivity contribution in [3.05, 3.63) is 212 Å². The standard InChI is InChI=1S/C52H35NO/c1-4-12-36(13-5-1)39-20-22-40(23-21-39)42-26-30-47(31-27-42)53(46-28-24-41(25-29-46)37-14-6-2-7-15-37)50-34-45(38-16-8-3-9-17-38)33-49-48-32-43-18-10-11-19-44(43)35-51(48)54-52(49)50/h1-35H. The van der Waals surface area contributed by atoms with E-state index >= 15 is 0 Å². The van der Waals surface area contributed by atoms with E-state index in [2.05, 4.69) is 217 Å². The van der Waals surface area contributed by atoms with Gasteiger partial charge in [0.15, 0.2) is 5.58 Å². The second-order valence-corrected chi connectivity index (χ2v) is 13.8. The Balaban J connectivity index is 1.15. The molecule has 10 rings (SSSR count). The fraction of sp³-hybridized carbons (Fsp3) is 0. The molecule has 0 aliphatic heterocycles. The summed E-state index contributed by atoms with van der Waals surface area (Å²) in [6.45, 7) is 0. The van der Waals surface area contributed by atoms with Crippen LogP contribution >= 0.6 is 0 Å². The SMILES string of the molecule is c1ccc(-c2ccc(-c3ccc(N(c4ccc(-c5ccccc5)cc4)c4cc(-c5ccccc5)cc5c4oc4cc6ccccc6cc45)cc3)cc2)cc1. The van der Waals surface area contributed by atoms with Crippen LogP contribution < -0.4 is 4.90 Å². The summed E-state index contributed by atoms with van der Waals surface area (Å²) in [7, 11) is 0. The van der Waals surface area contributed by atoms with Crippen molar-refractivity contribution in [2.75, 3.05) is 4.90 Å². The Hall–Kier alpha value is -7.16. The zero-order chi connectivity index (χ0) is 35.8. The molecule has 0 radical (unpaired) electrons. The molecule has 0 aliphatic rings. The van der Waals surface area contributed by atoms with Crippen molar-refractivity contribution in [2.45, 2.75) is 0 Å². The molecule has 2 heteroatoms. The van der Waals surface area contributed by atoms with Crippen LogP contribution in [0.1, 0.15) is 0 Å².